The van der Waals surface area contributed by atoms with Crippen LogP contribution in [0, 0.1) is 5.92 Å². The Balaban J connectivity index is 2.55. The summed E-state index contributed by atoms with van der Waals surface area (Å²) < 4.78 is 5.83. The summed E-state index contributed by atoms with van der Waals surface area (Å²) in [6, 6.07) is 5.61. The molecule has 0 bridgehead atoms. The highest BCUT2D eigenvalue weighted by molar-refractivity contribution is 5.17. The summed E-state index contributed by atoms with van der Waals surface area (Å²) in [6.07, 6.45) is 4.87. The highest BCUT2D eigenvalue weighted by Gasteiger charge is 2.11. The zero-order valence-corrected chi connectivity index (χ0v) is 13.6. The van der Waals surface area contributed by atoms with Gasteiger partial charge in [0.05, 0.1) is 18.4 Å². The molecule has 1 rings (SSSR count). The molecule has 0 fully saturated rings. The summed E-state index contributed by atoms with van der Waals surface area (Å²) in [7, 11) is 1.88. The van der Waals surface area contributed by atoms with Crippen LogP contribution in [0.5, 0.6) is 5.88 Å². The fourth-order valence-corrected chi connectivity index (χ4v) is 2.46. The van der Waals surface area contributed by atoms with Crippen LogP contribution >= 0.6 is 0 Å². The van der Waals surface area contributed by atoms with Crippen molar-refractivity contribution in [3.05, 3.63) is 23.9 Å². The Bertz CT molecular complexity index is 379. The first-order valence-electron chi connectivity index (χ1n) is 8.13. The van der Waals surface area contributed by atoms with Gasteiger partial charge in [-0.15, -0.1) is 0 Å². The molecule has 0 aliphatic carbocycles. The standard InChI is InChI=1S/C17H30N2O2/c1-4-7-14(8-5-2)13-21-17-10-6-9-15(19-17)16(20)11-12-18-3/h6,9-10,14,16,18,20H,4-5,7-8,11-13H2,1-3H3. The van der Waals surface area contributed by atoms with Crippen LogP contribution in [-0.2, 0) is 0 Å². The quantitative estimate of drug-likeness (QED) is 0.657. The van der Waals surface area contributed by atoms with E-state index in [2.05, 4.69) is 24.1 Å². The predicted molar refractivity (Wildman–Crippen MR) is 86.5 cm³/mol. The molecule has 0 radical (unpaired) electrons. The second kappa shape index (κ2) is 10.6. The minimum absolute atomic E-state index is 0.539. The first-order valence-corrected chi connectivity index (χ1v) is 8.13. The Morgan fingerprint density at radius 2 is 1.90 bits per heavy atom. The van der Waals surface area contributed by atoms with E-state index in [1.165, 1.54) is 25.7 Å². The molecule has 0 aromatic carbocycles. The highest BCUT2D eigenvalue weighted by atomic mass is 16.5. The number of aliphatic hydroxyl groups is 1. The van der Waals surface area contributed by atoms with E-state index in [-0.39, 0.29) is 0 Å². The van der Waals surface area contributed by atoms with Gasteiger partial charge in [0.15, 0.2) is 0 Å². The van der Waals surface area contributed by atoms with Crippen LogP contribution in [-0.4, -0.2) is 30.3 Å². The van der Waals surface area contributed by atoms with Crippen LogP contribution in [0.25, 0.3) is 0 Å². The van der Waals surface area contributed by atoms with Gasteiger partial charge in [-0.05, 0) is 44.8 Å². The maximum absolute atomic E-state index is 10.1. The summed E-state index contributed by atoms with van der Waals surface area (Å²) in [6.45, 7) is 5.90. The van der Waals surface area contributed by atoms with E-state index in [1.807, 2.05) is 25.2 Å². The third-order valence-corrected chi connectivity index (χ3v) is 3.62. The van der Waals surface area contributed by atoms with E-state index in [0.29, 0.717) is 30.5 Å². The highest BCUT2D eigenvalue weighted by Crippen LogP contribution is 2.19. The second-order valence-corrected chi connectivity index (χ2v) is 5.56. The zero-order chi connectivity index (χ0) is 15.5. The minimum Gasteiger partial charge on any atom is -0.477 e. The summed E-state index contributed by atoms with van der Waals surface area (Å²) in [5, 5.41) is 13.1. The first-order chi connectivity index (χ1) is 10.2. The summed E-state index contributed by atoms with van der Waals surface area (Å²) in [5.74, 6) is 1.22. The Kier molecular flexibility index (Phi) is 9.02. The Hall–Kier alpha value is -1.13. The van der Waals surface area contributed by atoms with E-state index < -0.39 is 6.10 Å². The fraction of sp³-hybridized carbons (Fsp3) is 0.706. The molecule has 0 aliphatic rings. The van der Waals surface area contributed by atoms with E-state index >= 15 is 0 Å². The van der Waals surface area contributed by atoms with Crippen molar-refractivity contribution in [2.45, 2.75) is 52.1 Å². The number of rotatable bonds is 11. The minimum atomic E-state index is -0.539. The largest absolute Gasteiger partial charge is 0.477 e. The number of hydrogen-bond donors (Lipinski definition) is 2. The number of nitrogens with one attached hydrogen (secondary N) is 1. The molecular weight excluding hydrogens is 264 g/mol. The third kappa shape index (κ3) is 6.91. The lowest BCUT2D eigenvalue weighted by molar-refractivity contribution is 0.160. The van der Waals surface area contributed by atoms with Crippen LogP contribution < -0.4 is 10.1 Å². The van der Waals surface area contributed by atoms with E-state index in [9.17, 15) is 5.11 Å². The van der Waals surface area contributed by atoms with E-state index in [0.717, 1.165) is 6.54 Å². The van der Waals surface area contributed by atoms with Crippen molar-refractivity contribution in [2.75, 3.05) is 20.2 Å². The molecule has 0 saturated heterocycles. The van der Waals surface area contributed by atoms with Crippen LogP contribution in [0.3, 0.4) is 0 Å². The Morgan fingerprint density at radius 1 is 1.19 bits per heavy atom. The molecule has 0 aliphatic heterocycles. The van der Waals surface area contributed by atoms with Gasteiger partial charge in [-0.25, -0.2) is 4.98 Å². The van der Waals surface area contributed by atoms with Gasteiger partial charge in [-0.3, -0.25) is 0 Å². The van der Waals surface area contributed by atoms with E-state index in [4.69, 9.17) is 4.74 Å². The average Bonchev–Trinajstić information content (AvgIpc) is 2.51. The number of aliphatic hydroxyl groups excluding tert-OH is 1. The third-order valence-electron chi connectivity index (χ3n) is 3.62. The molecule has 4 heteroatoms. The molecule has 0 spiro atoms. The van der Waals surface area contributed by atoms with Gasteiger partial charge in [0.2, 0.25) is 5.88 Å². The van der Waals surface area contributed by atoms with Crippen molar-refractivity contribution < 1.29 is 9.84 Å². The van der Waals surface area contributed by atoms with Gasteiger partial charge >= 0.3 is 0 Å². The zero-order valence-electron chi connectivity index (χ0n) is 13.6. The lowest BCUT2D eigenvalue weighted by atomic mass is 9.99. The Labute approximate surface area is 128 Å². The molecule has 0 amide bonds. The summed E-state index contributed by atoms with van der Waals surface area (Å²) in [4.78, 5) is 4.42. The van der Waals surface area contributed by atoms with Crippen molar-refractivity contribution in [2.24, 2.45) is 5.92 Å². The summed E-state index contributed by atoms with van der Waals surface area (Å²) in [5.41, 5.74) is 0.685. The maximum atomic E-state index is 10.1. The number of aromatic nitrogens is 1. The number of hydrogen-bond acceptors (Lipinski definition) is 4. The van der Waals surface area contributed by atoms with Gasteiger partial charge in [-0.1, -0.05) is 32.8 Å². The van der Waals surface area contributed by atoms with Gasteiger partial charge in [0, 0.05) is 6.07 Å². The monoisotopic (exact) mass is 294 g/mol. The smallest absolute Gasteiger partial charge is 0.213 e. The van der Waals surface area contributed by atoms with Gasteiger partial charge < -0.3 is 15.2 Å². The molecule has 1 aromatic heterocycles. The predicted octanol–water partition coefficient (Wildman–Crippen LogP) is 3.32. The molecule has 1 unspecified atom stereocenters. The van der Waals surface area contributed by atoms with Crippen molar-refractivity contribution in [1.29, 1.82) is 0 Å². The van der Waals surface area contributed by atoms with Crippen molar-refractivity contribution >= 4 is 0 Å². The molecule has 0 saturated carbocycles. The van der Waals surface area contributed by atoms with Crippen molar-refractivity contribution in [3.8, 4) is 5.88 Å². The van der Waals surface area contributed by atoms with Crippen LogP contribution in [0.4, 0.5) is 0 Å². The molecule has 4 nitrogen and oxygen atoms in total. The van der Waals surface area contributed by atoms with Gasteiger partial charge in [0.25, 0.3) is 0 Å². The lowest BCUT2D eigenvalue weighted by Crippen LogP contribution is -2.14. The van der Waals surface area contributed by atoms with Crippen molar-refractivity contribution in [1.82, 2.24) is 10.3 Å². The fourth-order valence-electron chi connectivity index (χ4n) is 2.46. The van der Waals surface area contributed by atoms with Crippen LogP contribution in [0.2, 0.25) is 0 Å². The second-order valence-electron chi connectivity index (χ2n) is 5.56. The van der Waals surface area contributed by atoms with E-state index in [1.54, 1.807) is 0 Å². The molecule has 2 N–H and O–H groups in total. The molecule has 21 heavy (non-hydrogen) atoms. The Morgan fingerprint density at radius 3 is 2.52 bits per heavy atom. The maximum Gasteiger partial charge on any atom is 0.213 e. The van der Waals surface area contributed by atoms with Crippen LogP contribution in [0.1, 0.15) is 57.7 Å². The average molecular weight is 294 g/mol. The van der Waals surface area contributed by atoms with Gasteiger partial charge in [-0.2, -0.15) is 0 Å². The van der Waals surface area contributed by atoms with Crippen LogP contribution in [0.15, 0.2) is 18.2 Å². The molecule has 1 atom stereocenters. The topological polar surface area (TPSA) is 54.4 Å². The van der Waals surface area contributed by atoms with Gasteiger partial charge in [0.1, 0.15) is 0 Å². The number of nitrogens with zero attached hydrogens (tertiary/aromatic N) is 1. The van der Waals surface area contributed by atoms with Crippen molar-refractivity contribution in [3.63, 3.8) is 0 Å². The molecule has 1 aromatic rings. The number of ether oxygens (including phenoxy) is 1. The number of pyridine rings is 1. The first kappa shape index (κ1) is 17.9. The normalized spacial score (nSPS) is 12.6. The molecule has 1 heterocycles. The summed E-state index contributed by atoms with van der Waals surface area (Å²) >= 11 is 0. The molecular formula is C17H30N2O2. The SMILES string of the molecule is CCCC(CCC)COc1cccc(C(O)CCNC)n1. The lowest BCUT2D eigenvalue weighted by Gasteiger charge is -2.16. The molecule has 120 valence electrons.